The molecule has 0 saturated heterocycles. The zero-order chi connectivity index (χ0) is 13.2. The maximum atomic E-state index is 9.64. The van der Waals surface area contributed by atoms with E-state index in [0.717, 1.165) is 22.9 Å². The summed E-state index contributed by atoms with van der Waals surface area (Å²) in [6, 6.07) is 9.76. The molecule has 94 valence electrons. The van der Waals surface area contributed by atoms with Gasteiger partial charge in [-0.15, -0.1) is 0 Å². The lowest BCUT2D eigenvalue weighted by Gasteiger charge is -2.02. The van der Waals surface area contributed by atoms with Crippen LogP contribution < -0.4 is 0 Å². The van der Waals surface area contributed by atoms with Gasteiger partial charge in [0.2, 0.25) is 5.88 Å². The van der Waals surface area contributed by atoms with E-state index in [1.54, 1.807) is 12.4 Å². The third kappa shape index (κ3) is 2.06. The largest absolute Gasteiger partial charge is 0.493 e. The van der Waals surface area contributed by atoms with Crippen molar-refractivity contribution in [3.8, 4) is 5.88 Å². The first-order valence-electron chi connectivity index (χ1n) is 5.88. The number of aromatic amines is 1. The Bertz CT molecular complexity index is 734. The Kier molecular flexibility index (Phi) is 2.72. The number of nitrogens with one attached hydrogen (secondary N) is 2. The quantitative estimate of drug-likeness (QED) is 0.623. The van der Waals surface area contributed by atoms with Gasteiger partial charge in [0.25, 0.3) is 0 Å². The second-order valence-corrected chi connectivity index (χ2v) is 4.35. The summed E-state index contributed by atoms with van der Waals surface area (Å²) in [5, 5.41) is 13.8. The fraction of sp³-hybridized carbons (Fsp3) is 0.0714. The van der Waals surface area contributed by atoms with E-state index in [0.29, 0.717) is 0 Å². The maximum Gasteiger partial charge on any atom is 0.218 e. The molecular formula is C14H12N4O. The van der Waals surface area contributed by atoms with E-state index >= 15 is 0 Å². The number of fused-ring (bicyclic) bond motifs is 1. The molecule has 2 heterocycles. The fourth-order valence-electron chi connectivity index (χ4n) is 2.17. The highest BCUT2D eigenvalue weighted by atomic mass is 16.3. The van der Waals surface area contributed by atoms with Crippen molar-refractivity contribution in [1.82, 2.24) is 9.97 Å². The first-order chi connectivity index (χ1) is 9.28. The molecule has 0 aliphatic rings. The standard InChI is InChI=1S/C14H12N4O/c15-18-13-11-8-10(1-2-12(11)17-14(13)19)7-9-3-5-16-6-4-9/h1-6,8,15,17,19H,7H2. The first kappa shape index (κ1) is 11.4. The molecule has 0 saturated carbocycles. The van der Waals surface area contributed by atoms with Gasteiger partial charge in [0.15, 0.2) is 5.69 Å². The molecule has 0 bridgehead atoms. The molecule has 0 aliphatic carbocycles. The van der Waals surface area contributed by atoms with Gasteiger partial charge in [-0.25, -0.2) is 5.53 Å². The molecule has 3 aromatic rings. The molecule has 1 aromatic carbocycles. The Hall–Kier alpha value is -2.69. The first-order valence-corrected chi connectivity index (χ1v) is 5.88. The van der Waals surface area contributed by atoms with Crippen LogP contribution in [0.1, 0.15) is 11.1 Å². The van der Waals surface area contributed by atoms with Crippen LogP contribution in [0, 0.1) is 5.53 Å². The third-order valence-corrected chi connectivity index (χ3v) is 3.09. The molecular weight excluding hydrogens is 240 g/mol. The van der Waals surface area contributed by atoms with Crippen molar-refractivity contribution in [2.75, 3.05) is 0 Å². The van der Waals surface area contributed by atoms with Crippen LogP contribution in [0.2, 0.25) is 0 Å². The Balaban J connectivity index is 2.04. The summed E-state index contributed by atoms with van der Waals surface area (Å²) >= 11 is 0. The number of aromatic nitrogens is 2. The Labute approximate surface area is 109 Å². The normalized spacial score (nSPS) is 10.7. The van der Waals surface area contributed by atoms with Gasteiger partial charge in [0, 0.05) is 17.8 Å². The van der Waals surface area contributed by atoms with Crippen LogP contribution in [-0.4, -0.2) is 15.1 Å². The molecule has 0 aliphatic heterocycles. The van der Waals surface area contributed by atoms with E-state index in [9.17, 15) is 5.11 Å². The van der Waals surface area contributed by atoms with Crippen LogP contribution in [0.4, 0.5) is 5.69 Å². The van der Waals surface area contributed by atoms with Crippen LogP contribution in [0.3, 0.4) is 0 Å². The number of nitrogens with zero attached hydrogens (tertiary/aromatic N) is 2. The minimum atomic E-state index is -0.0638. The number of aromatic hydroxyl groups is 1. The van der Waals surface area contributed by atoms with Gasteiger partial charge in [-0.3, -0.25) is 4.98 Å². The summed E-state index contributed by atoms with van der Waals surface area (Å²) in [7, 11) is 0. The lowest BCUT2D eigenvalue weighted by atomic mass is 10.0. The minimum absolute atomic E-state index is 0.0638. The van der Waals surface area contributed by atoms with Crippen molar-refractivity contribution in [1.29, 1.82) is 5.53 Å². The zero-order valence-corrected chi connectivity index (χ0v) is 10.1. The predicted octanol–water partition coefficient (Wildman–Crippen LogP) is 3.52. The van der Waals surface area contributed by atoms with Gasteiger partial charge in [-0.1, -0.05) is 6.07 Å². The van der Waals surface area contributed by atoms with Crippen LogP contribution in [0.15, 0.2) is 47.8 Å². The molecule has 3 rings (SSSR count). The Morgan fingerprint density at radius 2 is 1.95 bits per heavy atom. The van der Waals surface area contributed by atoms with Crippen molar-refractivity contribution in [3.63, 3.8) is 0 Å². The number of benzene rings is 1. The van der Waals surface area contributed by atoms with Gasteiger partial charge in [0.1, 0.15) is 0 Å². The molecule has 5 nitrogen and oxygen atoms in total. The molecule has 19 heavy (non-hydrogen) atoms. The molecule has 2 aromatic heterocycles. The monoisotopic (exact) mass is 252 g/mol. The van der Waals surface area contributed by atoms with Gasteiger partial charge in [0.05, 0.1) is 5.52 Å². The number of rotatable bonds is 3. The second kappa shape index (κ2) is 4.53. The van der Waals surface area contributed by atoms with E-state index in [4.69, 9.17) is 5.53 Å². The molecule has 0 unspecified atom stereocenters. The van der Waals surface area contributed by atoms with Crippen molar-refractivity contribution in [3.05, 3.63) is 53.9 Å². The molecule has 0 amide bonds. The highest BCUT2D eigenvalue weighted by molar-refractivity contribution is 5.94. The molecule has 0 fully saturated rings. The van der Waals surface area contributed by atoms with Crippen molar-refractivity contribution in [2.45, 2.75) is 6.42 Å². The van der Waals surface area contributed by atoms with Crippen LogP contribution >= 0.6 is 0 Å². The van der Waals surface area contributed by atoms with Crippen molar-refractivity contribution in [2.24, 2.45) is 5.11 Å². The molecule has 5 heteroatoms. The lowest BCUT2D eigenvalue weighted by Crippen LogP contribution is -1.87. The summed E-state index contributed by atoms with van der Waals surface area (Å²) in [6.07, 6.45) is 4.31. The zero-order valence-electron chi connectivity index (χ0n) is 10.1. The maximum absolute atomic E-state index is 9.64. The Morgan fingerprint density at radius 3 is 2.68 bits per heavy atom. The van der Waals surface area contributed by atoms with E-state index < -0.39 is 0 Å². The van der Waals surface area contributed by atoms with E-state index in [1.807, 2.05) is 30.3 Å². The minimum Gasteiger partial charge on any atom is -0.493 e. The van der Waals surface area contributed by atoms with E-state index in [2.05, 4.69) is 15.1 Å². The summed E-state index contributed by atoms with van der Waals surface area (Å²) in [5.41, 5.74) is 10.4. The summed E-state index contributed by atoms with van der Waals surface area (Å²) in [5.74, 6) is -0.0638. The lowest BCUT2D eigenvalue weighted by molar-refractivity contribution is 0.459. The highest BCUT2D eigenvalue weighted by Gasteiger charge is 2.10. The highest BCUT2D eigenvalue weighted by Crippen LogP contribution is 2.35. The topological polar surface area (TPSA) is 85.1 Å². The van der Waals surface area contributed by atoms with Crippen molar-refractivity contribution >= 4 is 16.6 Å². The van der Waals surface area contributed by atoms with Crippen LogP contribution in [-0.2, 0) is 6.42 Å². The third-order valence-electron chi connectivity index (χ3n) is 3.09. The molecule has 0 spiro atoms. The van der Waals surface area contributed by atoms with Gasteiger partial charge in [-0.05, 0) is 41.8 Å². The Morgan fingerprint density at radius 1 is 1.16 bits per heavy atom. The number of hydrogen-bond donors (Lipinski definition) is 3. The average Bonchev–Trinajstić information content (AvgIpc) is 2.74. The van der Waals surface area contributed by atoms with Crippen molar-refractivity contribution < 1.29 is 5.11 Å². The van der Waals surface area contributed by atoms with E-state index in [-0.39, 0.29) is 11.6 Å². The SMILES string of the molecule is N=Nc1c(O)[nH]c2ccc(Cc3ccncc3)cc12. The molecule has 0 radical (unpaired) electrons. The number of hydrogen-bond acceptors (Lipinski definition) is 4. The predicted molar refractivity (Wildman–Crippen MR) is 71.8 cm³/mol. The molecule has 0 atom stereocenters. The molecule has 3 N–H and O–H groups in total. The smallest absolute Gasteiger partial charge is 0.218 e. The summed E-state index contributed by atoms with van der Waals surface area (Å²) in [4.78, 5) is 6.79. The van der Waals surface area contributed by atoms with Gasteiger partial charge in [-0.2, -0.15) is 5.11 Å². The van der Waals surface area contributed by atoms with Crippen LogP contribution in [0.5, 0.6) is 5.88 Å². The fourth-order valence-corrected chi connectivity index (χ4v) is 2.17. The summed E-state index contributed by atoms with van der Waals surface area (Å²) < 4.78 is 0. The van der Waals surface area contributed by atoms with E-state index in [1.165, 1.54) is 5.56 Å². The second-order valence-electron chi connectivity index (χ2n) is 4.35. The van der Waals surface area contributed by atoms with Gasteiger partial charge < -0.3 is 10.1 Å². The number of pyridine rings is 1. The van der Waals surface area contributed by atoms with Crippen LogP contribution in [0.25, 0.3) is 10.9 Å². The number of H-pyrrole nitrogens is 1. The van der Waals surface area contributed by atoms with Gasteiger partial charge >= 0.3 is 0 Å². The average molecular weight is 252 g/mol. The summed E-state index contributed by atoms with van der Waals surface area (Å²) in [6.45, 7) is 0.